The zero-order valence-corrected chi connectivity index (χ0v) is 11.1. The summed E-state index contributed by atoms with van der Waals surface area (Å²) in [7, 11) is 0. The van der Waals surface area contributed by atoms with Gasteiger partial charge in [-0.05, 0) is 19.4 Å². The zero-order chi connectivity index (χ0) is 14.2. The maximum atomic E-state index is 12.3. The highest BCUT2D eigenvalue weighted by atomic mass is 35.5. The molecule has 2 rings (SSSR count). The van der Waals surface area contributed by atoms with Crippen LogP contribution in [-0.2, 0) is 0 Å². The highest BCUT2D eigenvalue weighted by Gasteiger charge is 2.37. The van der Waals surface area contributed by atoms with Gasteiger partial charge < -0.3 is 10.0 Å². The minimum absolute atomic E-state index is 0.0470. The Bertz CT molecular complexity index is 545. The number of nitro benzene ring substituents is 1. The van der Waals surface area contributed by atoms with Gasteiger partial charge in [0.2, 0.25) is 0 Å². The number of carbonyl (C=O) groups excluding carboxylic acids is 1. The minimum atomic E-state index is -0.953. The molecule has 0 spiro atoms. The Balaban J connectivity index is 2.37. The van der Waals surface area contributed by atoms with Gasteiger partial charge in [0.1, 0.15) is 5.56 Å². The monoisotopic (exact) mass is 284 g/mol. The predicted molar refractivity (Wildman–Crippen MR) is 69.3 cm³/mol. The van der Waals surface area contributed by atoms with E-state index < -0.39 is 16.4 Å². The molecule has 1 N–H and O–H groups in total. The Morgan fingerprint density at radius 1 is 1.58 bits per heavy atom. The highest BCUT2D eigenvalue weighted by molar-refractivity contribution is 6.34. The van der Waals surface area contributed by atoms with Crippen LogP contribution in [0.1, 0.15) is 23.7 Å². The van der Waals surface area contributed by atoms with Crippen molar-refractivity contribution in [1.82, 2.24) is 4.90 Å². The number of benzene rings is 1. The molecule has 19 heavy (non-hydrogen) atoms. The summed E-state index contributed by atoms with van der Waals surface area (Å²) >= 11 is 5.90. The molecular formula is C12H13ClN2O4. The number of hydrogen-bond acceptors (Lipinski definition) is 4. The fourth-order valence-corrected chi connectivity index (χ4v) is 2.40. The van der Waals surface area contributed by atoms with Crippen LogP contribution in [0.4, 0.5) is 5.69 Å². The molecule has 102 valence electrons. The summed E-state index contributed by atoms with van der Waals surface area (Å²) in [5.41, 5.74) is -1.39. The number of β-amino-alcohol motifs (C(OH)–C–C–N with tert-alkyl or cyclic N) is 1. The number of amides is 1. The van der Waals surface area contributed by atoms with Crippen LogP contribution < -0.4 is 0 Å². The van der Waals surface area contributed by atoms with Crippen LogP contribution in [0.2, 0.25) is 5.02 Å². The average Bonchev–Trinajstić information content (AvgIpc) is 2.68. The van der Waals surface area contributed by atoms with E-state index in [-0.39, 0.29) is 22.8 Å². The van der Waals surface area contributed by atoms with E-state index in [9.17, 15) is 20.0 Å². The van der Waals surface area contributed by atoms with Crippen LogP contribution in [-0.4, -0.2) is 39.5 Å². The maximum Gasteiger partial charge on any atom is 0.283 e. The summed E-state index contributed by atoms with van der Waals surface area (Å²) in [5, 5.41) is 20.8. The quantitative estimate of drug-likeness (QED) is 0.663. The van der Waals surface area contributed by atoms with Gasteiger partial charge in [0.05, 0.1) is 15.5 Å². The van der Waals surface area contributed by atoms with Crippen LogP contribution in [0.3, 0.4) is 0 Å². The lowest BCUT2D eigenvalue weighted by atomic mass is 10.1. The molecule has 6 nitrogen and oxygen atoms in total. The standard InChI is InChI=1S/C12H13ClN2O4/c1-12(17)5-6-14(7-12)11(16)10-8(13)3-2-4-9(10)15(18)19/h2-4,17H,5-7H2,1H3/t12-/m0/s1. The molecule has 1 aliphatic rings. The van der Waals surface area contributed by atoms with Crippen molar-refractivity contribution < 1.29 is 14.8 Å². The number of nitro groups is 1. The van der Waals surface area contributed by atoms with Crippen molar-refractivity contribution in [2.45, 2.75) is 18.9 Å². The van der Waals surface area contributed by atoms with E-state index in [1.165, 1.54) is 23.1 Å². The van der Waals surface area contributed by atoms with Crippen LogP contribution in [0, 0.1) is 10.1 Å². The average molecular weight is 285 g/mol. The fourth-order valence-electron chi connectivity index (χ4n) is 2.15. The Morgan fingerprint density at radius 3 is 2.79 bits per heavy atom. The lowest BCUT2D eigenvalue weighted by Crippen LogP contribution is -2.34. The van der Waals surface area contributed by atoms with E-state index in [0.717, 1.165) is 0 Å². The first-order valence-electron chi connectivity index (χ1n) is 5.76. The van der Waals surface area contributed by atoms with Crippen molar-refractivity contribution in [2.75, 3.05) is 13.1 Å². The summed E-state index contributed by atoms with van der Waals surface area (Å²) in [6.45, 7) is 2.13. The summed E-state index contributed by atoms with van der Waals surface area (Å²) in [4.78, 5) is 24.0. The SMILES string of the molecule is C[C@]1(O)CCN(C(=O)c2c(Cl)cccc2[N+](=O)[O-])C1. The second kappa shape index (κ2) is 4.79. The molecule has 0 unspecified atom stereocenters. The van der Waals surface area contributed by atoms with E-state index in [0.29, 0.717) is 13.0 Å². The van der Waals surface area contributed by atoms with Crippen molar-refractivity contribution in [3.05, 3.63) is 38.9 Å². The number of carbonyl (C=O) groups is 1. The van der Waals surface area contributed by atoms with E-state index in [1.54, 1.807) is 6.92 Å². The van der Waals surface area contributed by atoms with Gasteiger partial charge in [0.15, 0.2) is 0 Å². The van der Waals surface area contributed by atoms with Crippen molar-refractivity contribution >= 4 is 23.2 Å². The first kappa shape index (κ1) is 13.8. The molecule has 1 aromatic rings. The van der Waals surface area contributed by atoms with Crippen LogP contribution in [0.25, 0.3) is 0 Å². The molecule has 1 heterocycles. The second-order valence-corrected chi connectivity index (χ2v) is 5.27. The van der Waals surface area contributed by atoms with Crippen molar-refractivity contribution in [3.8, 4) is 0 Å². The molecule has 1 saturated heterocycles. The van der Waals surface area contributed by atoms with Gasteiger partial charge in [-0.25, -0.2) is 0 Å². The summed E-state index contributed by atoms with van der Waals surface area (Å²) in [6, 6.07) is 4.11. The molecular weight excluding hydrogens is 272 g/mol. The first-order chi connectivity index (χ1) is 8.82. The number of aliphatic hydroxyl groups is 1. The van der Waals surface area contributed by atoms with Gasteiger partial charge in [-0.1, -0.05) is 17.7 Å². The van der Waals surface area contributed by atoms with Gasteiger partial charge >= 0.3 is 0 Å². The van der Waals surface area contributed by atoms with E-state index in [1.807, 2.05) is 0 Å². The van der Waals surface area contributed by atoms with Gasteiger partial charge in [-0.3, -0.25) is 14.9 Å². The third-order valence-corrected chi connectivity index (χ3v) is 3.46. The Morgan fingerprint density at radius 2 is 2.26 bits per heavy atom. The van der Waals surface area contributed by atoms with E-state index >= 15 is 0 Å². The van der Waals surface area contributed by atoms with Crippen molar-refractivity contribution in [1.29, 1.82) is 0 Å². The largest absolute Gasteiger partial charge is 0.388 e. The molecule has 0 saturated carbocycles. The topological polar surface area (TPSA) is 83.7 Å². The maximum absolute atomic E-state index is 12.3. The molecule has 1 amide bonds. The molecule has 1 atom stereocenters. The fraction of sp³-hybridized carbons (Fsp3) is 0.417. The Kier molecular flexibility index (Phi) is 3.47. The smallest absolute Gasteiger partial charge is 0.283 e. The Labute approximate surface area is 114 Å². The molecule has 1 aliphatic heterocycles. The third-order valence-electron chi connectivity index (χ3n) is 3.14. The van der Waals surface area contributed by atoms with Gasteiger partial charge in [-0.15, -0.1) is 0 Å². The molecule has 0 aliphatic carbocycles. The summed E-state index contributed by atoms with van der Waals surface area (Å²) in [5.74, 6) is -0.518. The predicted octanol–water partition coefficient (Wildman–Crippen LogP) is 1.85. The lowest BCUT2D eigenvalue weighted by molar-refractivity contribution is -0.385. The lowest BCUT2D eigenvalue weighted by Gasteiger charge is -2.19. The van der Waals surface area contributed by atoms with Gasteiger partial charge in [0.25, 0.3) is 11.6 Å². The molecule has 7 heteroatoms. The normalized spacial score (nSPS) is 22.6. The van der Waals surface area contributed by atoms with E-state index in [4.69, 9.17) is 11.6 Å². The summed E-state index contributed by atoms with van der Waals surface area (Å²) < 4.78 is 0. The zero-order valence-electron chi connectivity index (χ0n) is 10.3. The molecule has 0 bridgehead atoms. The number of halogens is 1. The number of likely N-dealkylation sites (tertiary alicyclic amines) is 1. The third kappa shape index (κ3) is 2.69. The minimum Gasteiger partial charge on any atom is -0.388 e. The molecule has 1 aromatic carbocycles. The number of hydrogen-bond donors (Lipinski definition) is 1. The van der Waals surface area contributed by atoms with Crippen LogP contribution in [0.5, 0.6) is 0 Å². The second-order valence-electron chi connectivity index (χ2n) is 4.86. The summed E-state index contributed by atoms with van der Waals surface area (Å²) in [6.07, 6.45) is 0.441. The first-order valence-corrected chi connectivity index (χ1v) is 6.14. The number of rotatable bonds is 2. The van der Waals surface area contributed by atoms with Crippen LogP contribution in [0.15, 0.2) is 18.2 Å². The molecule has 0 radical (unpaired) electrons. The van der Waals surface area contributed by atoms with Crippen molar-refractivity contribution in [2.24, 2.45) is 0 Å². The van der Waals surface area contributed by atoms with Crippen molar-refractivity contribution in [3.63, 3.8) is 0 Å². The number of nitrogens with zero attached hydrogens (tertiary/aromatic N) is 2. The highest BCUT2D eigenvalue weighted by Crippen LogP contribution is 2.30. The molecule has 0 aromatic heterocycles. The van der Waals surface area contributed by atoms with Gasteiger partial charge in [-0.2, -0.15) is 0 Å². The molecule has 1 fully saturated rings. The van der Waals surface area contributed by atoms with Gasteiger partial charge in [0, 0.05) is 19.2 Å². The van der Waals surface area contributed by atoms with Crippen LogP contribution >= 0.6 is 11.6 Å². The van der Waals surface area contributed by atoms with E-state index in [2.05, 4.69) is 0 Å². The Hall–Kier alpha value is -1.66.